The lowest BCUT2D eigenvalue weighted by molar-refractivity contribution is 0.559. The molecule has 1 rings (SSSR count). The van der Waals surface area contributed by atoms with Crippen molar-refractivity contribution >= 4 is 10.0 Å². The van der Waals surface area contributed by atoms with Crippen molar-refractivity contribution in [2.75, 3.05) is 13.1 Å². The van der Waals surface area contributed by atoms with Crippen LogP contribution in [0.2, 0.25) is 0 Å². The largest absolute Gasteiger partial charge is 0.313 e. The second-order valence-corrected chi connectivity index (χ2v) is 6.09. The maximum Gasteiger partial charge on any atom is 0.240 e. The van der Waals surface area contributed by atoms with Gasteiger partial charge in [-0.25, -0.2) is 13.1 Å². The van der Waals surface area contributed by atoms with Crippen molar-refractivity contribution in [2.45, 2.75) is 31.7 Å². The van der Waals surface area contributed by atoms with E-state index in [0.717, 1.165) is 5.56 Å². The Kier molecular flexibility index (Phi) is 5.11. The Morgan fingerprint density at radius 2 is 1.94 bits per heavy atom. The highest BCUT2D eigenvalue weighted by Gasteiger charge is 2.12. The molecule has 0 fully saturated rings. The molecule has 2 N–H and O–H groups in total. The molecular formula is C12H20N2O2S. The summed E-state index contributed by atoms with van der Waals surface area (Å²) in [5.41, 5.74) is 0.938. The second-order valence-electron chi connectivity index (χ2n) is 4.32. The Hall–Kier alpha value is -0.910. The molecule has 0 radical (unpaired) electrons. The van der Waals surface area contributed by atoms with Gasteiger partial charge in [0.25, 0.3) is 0 Å². The van der Waals surface area contributed by atoms with E-state index >= 15 is 0 Å². The normalized spacial score (nSPS) is 12.0. The molecule has 0 amide bonds. The molecule has 1 aromatic carbocycles. The van der Waals surface area contributed by atoms with Gasteiger partial charge in [-0.3, -0.25) is 0 Å². The van der Waals surface area contributed by atoms with Crippen LogP contribution in [0.1, 0.15) is 19.4 Å². The van der Waals surface area contributed by atoms with Crippen molar-refractivity contribution in [1.82, 2.24) is 10.0 Å². The second kappa shape index (κ2) is 6.14. The number of rotatable bonds is 6. The maximum absolute atomic E-state index is 11.9. The van der Waals surface area contributed by atoms with E-state index in [2.05, 4.69) is 10.0 Å². The molecule has 0 aromatic heterocycles. The van der Waals surface area contributed by atoms with Gasteiger partial charge in [-0.2, -0.15) is 0 Å². The third-order valence-electron chi connectivity index (χ3n) is 2.27. The van der Waals surface area contributed by atoms with Crippen LogP contribution < -0.4 is 10.0 Å². The third-order valence-corrected chi connectivity index (χ3v) is 3.73. The lowest BCUT2D eigenvalue weighted by Gasteiger charge is -2.10. The highest BCUT2D eigenvalue weighted by Crippen LogP contribution is 2.09. The topological polar surface area (TPSA) is 58.2 Å². The smallest absolute Gasteiger partial charge is 0.240 e. The summed E-state index contributed by atoms with van der Waals surface area (Å²) in [5, 5.41) is 3.15. The Morgan fingerprint density at radius 3 is 2.53 bits per heavy atom. The molecule has 1 aromatic rings. The number of nitrogens with one attached hydrogen (secondary N) is 2. The van der Waals surface area contributed by atoms with Crippen LogP contribution in [-0.4, -0.2) is 27.5 Å². The fraction of sp³-hybridized carbons (Fsp3) is 0.500. The Balaban J connectivity index is 2.57. The van der Waals surface area contributed by atoms with Gasteiger partial charge >= 0.3 is 0 Å². The standard InChI is InChI=1S/C12H20N2O2S/c1-10(2)13-7-8-14-17(15,16)12-6-4-5-11(3)9-12/h4-6,9-10,13-14H,7-8H2,1-3H3. The summed E-state index contributed by atoms with van der Waals surface area (Å²) in [5.74, 6) is 0. The van der Waals surface area contributed by atoms with Crippen LogP contribution >= 0.6 is 0 Å². The molecule has 0 aliphatic rings. The molecule has 0 spiro atoms. The summed E-state index contributed by atoms with van der Waals surface area (Å²) < 4.78 is 26.3. The van der Waals surface area contributed by atoms with Gasteiger partial charge in [0.05, 0.1) is 4.90 Å². The van der Waals surface area contributed by atoms with Crippen molar-refractivity contribution in [3.63, 3.8) is 0 Å². The fourth-order valence-electron chi connectivity index (χ4n) is 1.41. The van der Waals surface area contributed by atoms with E-state index in [1.807, 2.05) is 26.8 Å². The summed E-state index contributed by atoms with van der Waals surface area (Å²) in [6.07, 6.45) is 0. The predicted octanol–water partition coefficient (Wildman–Crippen LogP) is 1.27. The van der Waals surface area contributed by atoms with Crippen LogP contribution in [0.15, 0.2) is 29.2 Å². The first-order valence-electron chi connectivity index (χ1n) is 5.71. The maximum atomic E-state index is 11.9. The van der Waals surface area contributed by atoms with E-state index in [0.29, 0.717) is 24.0 Å². The minimum atomic E-state index is -3.37. The monoisotopic (exact) mass is 256 g/mol. The predicted molar refractivity (Wildman–Crippen MR) is 69.5 cm³/mol. The first kappa shape index (κ1) is 14.2. The number of hydrogen-bond acceptors (Lipinski definition) is 3. The quantitative estimate of drug-likeness (QED) is 0.754. The Labute approximate surface area is 103 Å². The zero-order valence-corrected chi connectivity index (χ0v) is 11.3. The first-order chi connectivity index (χ1) is 7.92. The molecule has 4 nitrogen and oxygen atoms in total. The molecule has 0 unspecified atom stereocenters. The molecule has 0 saturated heterocycles. The molecular weight excluding hydrogens is 236 g/mol. The third kappa shape index (κ3) is 4.85. The van der Waals surface area contributed by atoms with Gasteiger partial charge in [-0.1, -0.05) is 26.0 Å². The van der Waals surface area contributed by atoms with Gasteiger partial charge in [0.2, 0.25) is 10.0 Å². The molecule has 17 heavy (non-hydrogen) atoms. The molecule has 0 atom stereocenters. The molecule has 5 heteroatoms. The highest BCUT2D eigenvalue weighted by molar-refractivity contribution is 7.89. The van der Waals surface area contributed by atoms with Crippen molar-refractivity contribution in [3.05, 3.63) is 29.8 Å². The number of benzene rings is 1. The van der Waals surface area contributed by atoms with Gasteiger partial charge in [0.15, 0.2) is 0 Å². The molecule has 96 valence electrons. The van der Waals surface area contributed by atoms with Gasteiger partial charge in [0, 0.05) is 19.1 Å². The highest BCUT2D eigenvalue weighted by atomic mass is 32.2. The van der Waals surface area contributed by atoms with Crippen molar-refractivity contribution in [3.8, 4) is 0 Å². The summed E-state index contributed by atoms with van der Waals surface area (Å²) >= 11 is 0. The molecule has 0 aliphatic heterocycles. The van der Waals surface area contributed by atoms with Crippen LogP contribution in [-0.2, 0) is 10.0 Å². The van der Waals surface area contributed by atoms with Crippen LogP contribution in [0.25, 0.3) is 0 Å². The van der Waals surface area contributed by atoms with E-state index < -0.39 is 10.0 Å². The zero-order valence-electron chi connectivity index (χ0n) is 10.5. The number of hydrogen-bond donors (Lipinski definition) is 2. The van der Waals surface area contributed by atoms with Crippen LogP contribution in [0.5, 0.6) is 0 Å². The van der Waals surface area contributed by atoms with Crippen LogP contribution in [0.3, 0.4) is 0 Å². The first-order valence-corrected chi connectivity index (χ1v) is 7.20. The molecule has 0 saturated carbocycles. The van der Waals surface area contributed by atoms with E-state index in [9.17, 15) is 8.42 Å². The number of aryl methyl sites for hydroxylation is 1. The van der Waals surface area contributed by atoms with Crippen molar-refractivity contribution in [2.24, 2.45) is 0 Å². The van der Waals surface area contributed by atoms with E-state index in [1.54, 1.807) is 18.2 Å². The average Bonchev–Trinajstić information content (AvgIpc) is 2.24. The lowest BCUT2D eigenvalue weighted by Crippen LogP contribution is -2.34. The van der Waals surface area contributed by atoms with Gasteiger partial charge in [-0.05, 0) is 24.6 Å². The number of sulfonamides is 1. The van der Waals surface area contributed by atoms with Gasteiger partial charge in [0.1, 0.15) is 0 Å². The van der Waals surface area contributed by atoms with E-state index in [4.69, 9.17) is 0 Å². The summed E-state index contributed by atoms with van der Waals surface area (Å²) in [4.78, 5) is 0.321. The summed E-state index contributed by atoms with van der Waals surface area (Å²) in [6.45, 7) is 6.95. The Bertz CT molecular complexity index is 455. The molecule has 0 bridgehead atoms. The SMILES string of the molecule is Cc1cccc(S(=O)(=O)NCCNC(C)C)c1. The molecule has 0 heterocycles. The Morgan fingerprint density at radius 1 is 1.24 bits per heavy atom. The fourth-order valence-corrected chi connectivity index (χ4v) is 2.55. The molecule has 0 aliphatic carbocycles. The van der Waals surface area contributed by atoms with Crippen LogP contribution in [0, 0.1) is 6.92 Å². The average molecular weight is 256 g/mol. The summed E-state index contributed by atoms with van der Waals surface area (Å²) in [7, 11) is -3.37. The van der Waals surface area contributed by atoms with E-state index in [1.165, 1.54) is 0 Å². The van der Waals surface area contributed by atoms with Crippen LogP contribution in [0.4, 0.5) is 0 Å². The van der Waals surface area contributed by atoms with Crippen molar-refractivity contribution < 1.29 is 8.42 Å². The minimum Gasteiger partial charge on any atom is -0.313 e. The van der Waals surface area contributed by atoms with Crippen molar-refractivity contribution in [1.29, 1.82) is 0 Å². The van der Waals surface area contributed by atoms with Gasteiger partial charge in [-0.15, -0.1) is 0 Å². The minimum absolute atomic E-state index is 0.321. The van der Waals surface area contributed by atoms with Gasteiger partial charge < -0.3 is 5.32 Å². The summed E-state index contributed by atoms with van der Waals surface area (Å²) in [6, 6.07) is 7.25. The lowest BCUT2D eigenvalue weighted by atomic mass is 10.2. The zero-order chi connectivity index (χ0) is 12.9. The van der Waals surface area contributed by atoms with E-state index in [-0.39, 0.29) is 0 Å².